The molecule has 1 rings (SSSR count). The normalized spacial score (nSPS) is 15.6. The lowest BCUT2D eigenvalue weighted by atomic mass is 10.0. The first-order chi connectivity index (χ1) is 7.70. The fourth-order valence-electron chi connectivity index (χ4n) is 1.11. The van der Waals surface area contributed by atoms with Crippen molar-refractivity contribution in [2.45, 2.75) is 31.5 Å². The average molecular weight is 253 g/mol. The van der Waals surface area contributed by atoms with Gasteiger partial charge in [-0.1, -0.05) is 6.92 Å². The van der Waals surface area contributed by atoms with Gasteiger partial charge in [0, 0.05) is 0 Å². The quantitative estimate of drug-likeness (QED) is 0.801. The maximum Gasteiger partial charge on any atom is 0.426 e. The first-order valence-corrected chi connectivity index (χ1v) is 4.61. The molecule has 0 aliphatic carbocycles. The molecule has 0 fully saturated rings. The van der Waals surface area contributed by atoms with Crippen molar-refractivity contribution in [2.24, 2.45) is 5.73 Å². The first kappa shape index (κ1) is 13.4. The van der Waals surface area contributed by atoms with Gasteiger partial charge in [-0.3, -0.25) is 4.79 Å². The van der Waals surface area contributed by atoms with Gasteiger partial charge in [0.25, 0.3) is 5.89 Å². The lowest BCUT2D eigenvalue weighted by molar-refractivity contribution is -0.275. The Morgan fingerprint density at radius 2 is 2.06 bits per heavy atom. The van der Waals surface area contributed by atoms with Crippen molar-refractivity contribution >= 4 is 5.91 Å². The zero-order chi connectivity index (χ0) is 13.3. The van der Waals surface area contributed by atoms with E-state index in [4.69, 9.17) is 5.73 Å². The number of carbonyl (C=O) groups excluding carboxylic acids is 1. The molecule has 9 heteroatoms. The van der Waals surface area contributed by atoms with Gasteiger partial charge in [-0.15, -0.1) is 10.2 Å². The van der Waals surface area contributed by atoms with Crippen molar-refractivity contribution in [1.82, 2.24) is 10.2 Å². The van der Waals surface area contributed by atoms with Crippen LogP contribution in [0.5, 0.6) is 0 Å². The Bertz CT molecular complexity index is 418. The number of hydrogen-bond acceptors (Lipinski definition) is 5. The van der Waals surface area contributed by atoms with Gasteiger partial charge in [-0.25, -0.2) is 0 Å². The van der Waals surface area contributed by atoms with E-state index in [9.17, 15) is 23.1 Å². The van der Waals surface area contributed by atoms with Gasteiger partial charge >= 0.3 is 6.18 Å². The molecular weight excluding hydrogens is 243 g/mol. The van der Waals surface area contributed by atoms with E-state index in [0.717, 1.165) is 6.92 Å². The summed E-state index contributed by atoms with van der Waals surface area (Å²) in [5, 5.41) is 15.7. The van der Waals surface area contributed by atoms with Crippen molar-refractivity contribution in [3.8, 4) is 0 Å². The smallest absolute Gasteiger partial charge is 0.421 e. The van der Waals surface area contributed by atoms with Crippen LogP contribution in [0.2, 0.25) is 0 Å². The molecule has 96 valence electrons. The van der Waals surface area contributed by atoms with Gasteiger partial charge in [0.05, 0.1) is 0 Å². The van der Waals surface area contributed by atoms with Crippen LogP contribution >= 0.6 is 0 Å². The van der Waals surface area contributed by atoms with Crippen molar-refractivity contribution < 1.29 is 27.5 Å². The lowest BCUT2D eigenvalue weighted by Crippen LogP contribution is -2.42. The average Bonchev–Trinajstić information content (AvgIpc) is 2.62. The number of halogens is 3. The van der Waals surface area contributed by atoms with Crippen LogP contribution in [0.4, 0.5) is 13.2 Å². The van der Waals surface area contributed by atoms with Crippen LogP contribution in [0.1, 0.15) is 25.1 Å². The zero-order valence-corrected chi connectivity index (χ0v) is 8.78. The van der Waals surface area contributed by atoms with Crippen molar-refractivity contribution in [3.63, 3.8) is 0 Å². The molecule has 1 heterocycles. The minimum Gasteiger partial charge on any atom is -0.421 e. The van der Waals surface area contributed by atoms with Gasteiger partial charge < -0.3 is 15.3 Å². The molecule has 6 nitrogen and oxygen atoms in total. The fraction of sp³-hybridized carbons (Fsp3) is 0.625. The third-order valence-corrected chi connectivity index (χ3v) is 2.13. The summed E-state index contributed by atoms with van der Waals surface area (Å²) in [5.74, 6) is -2.19. The molecule has 0 aliphatic heterocycles. The monoisotopic (exact) mass is 253 g/mol. The van der Waals surface area contributed by atoms with Crippen LogP contribution in [0.25, 0.3) is 0 Å². The molecule has 0 saturated heterocycles. The summed E-state index contributed by atoms with van der Waals surface area (Å²) in [6.07, 6.45) is -6.11. The molecule has 0 spiro atoms. The summed E-state index contributed by atoms with van der Waals surface area (Å²) < 4.78 is 42.4. The Labute approximate surface area is 93.6 Å². The van der Waals surface area contributed by atoms with Gasteiger partial charge in [0.15, 0.2) is 0 Å². The zero-order valence-electron chi connectivity index (χ0n) is 8.78. The van der Waals surface area contributed by atoms with Crippen molar-refractivity contribution in [1.29, 1.82) is 0 Å². The van der Waals surface area contributed by atoms with Crippen molar-refractivity contribution in [3.05, 3.63) is 11.8 Å². The number of aromatic nitrogens is 2. The summed E-state index contributed by atoms with van der Waals surface area (Å²) in [4.78, 5) is 10.5. The van der Waals surface area contributed by atoms with Gasteiger partial charge in [-0.2, -0.15) is 13.2 Å². The highest BCUT2D eigenvalue weighted by Gasteiger charge is 2.57. The number of primary amides is 1. The third-order valence-electron chi connectivity index (χ3n) is 2.13. The van der Waals surface area contributed by atoms with E-state index in [0.29, 0.717) is 0 Å². The number of alkyl halides is 3. The Morgan fingerprint density at radius 3 is 2.47 bits per heavy atom. The Hall–Kier alpha value is -1.64. The highest BCUT2D eigenvalue weighted by atomic mass is 19.4. The number of amides is 1. The molecule has 1 unspecified atom stereocenters. The molecular formula is C8H10F3N3O3. The van der Waals surface area contributed by atoms with E-state index in [1.54, 1.807) is 0 Å². The van der Waals surface area contributed by atoms with Crippen LogP contribution < -0.4 is 5.73 Å². The summed E-state index contributed by atoms with van der Waals surface area (Å²) in [5.41, 5.74) is 1.60. The Balaban J connectivity index is 3.06. The molecule has 0 saturated carbocycles. The summed E-state index contributed by atoms with van der Waals surface area (Å²) in [6, 6.07) is 0. The van der Waals surface area contributed by atoms with Crippen LogP contribution in [-0.2, 0) is 16.8 Å². The van der Waals surface area contributed by atoms with Crippen molar-refractivity contribution in [2.75, 3.05) is 0 Å². The predicted molar refractivity (Wildman–Crippen MR) is 47.4 cm³/mol. The lowest BCUT2D eigenvalue weighted by Gasteiger charge is -2.25. The number of aliphatic hydroxyl groups is 1. The highest BCUT2D eigenvalue weighted by Crippen LogP contribution is 2.40. The Morgan fingerprint density at radius 1 is 1.47 bits per heavy atom. The molecule has 17 heavy (non-hydrogen) atoms. The maximum absolute atomic E-state index is 12.6. The van der Waals surface area contributed by atoms with Gasteiger partial charge in [0.2, 0.25) is 17.4 Å². The molecule has 1 amide bonds. The molecule has 0 radical (unpaired) electrons. The van der Waals surface area contributed by atoms with Crippen LogP contribution in [0.3, 0.4) is 0 Å². The van der Waals surface area contributed by atoms with E-state index < -0.39 is 36.4 Å². The molecule has 0 aromatic carbocycles. The summed E-state index contributed by atoms with van der Waals surface area (Å²) in [6.45, 7) is 1.12. The number of rotatable bonds is 4. The number of nitrogens with two attached hydrogens (primary N) is 1. The minimum atomic E-state index is -4.95. The molecule has 3 N–H and O–H groups in total. The second-order valence-electron chi connectivity index (χ2n) is 3.36. The molecule has 1 aromatic rings. The predicted octanol–water partition coefficient (Wildman–Crippen LogP) is 0.257. The van der Waals surface area contributed by atoms with E-state index in [2.05, 4.69) is 14.6 Å². The topological polar surface area (TPSA) is 102 Å². The third kappa shape index (κ3) is 2.54. The maximum atomic E-state index is 12.6. The minimum absolute atomic E-state index is 0.372. The van der Waals surface area contributed by atoms with E-state index in [1.807, 2.05) is 0 Å². The summed E-state index contributed by atoms with van der Waals surface area (Å²) in [7, 11) is 0. The van der Waals surface area contributed by atoms with E-state index in [-0.39, 0.29) is 5.89 Å². The fourth-order valence-corrected chi connectivity index (χ4v) is 1.11. The van der Waals surface area contributed by atoms with Crippen LogP contribution in [0.15, 0.2) is 4.42 Å². The van der Waals surface area contributed by atoms with Gasteiger partial charge in [-0.05, 0) is 6.42 Å². The van der Waals surface area contributed by atoms with Crippen LogP contribution in [-0.4, -0.2) is 27.4 Å². The second kappa shape index (κ2) is 4.32. The summed E-state index contributed by atoms with van der Waals surface area (Å²) >= 11 is 0. The molecule has 0 aliphatic rings. The number of nitrogens with zero attached hydrogens (tertiary/aromatic N) is 2. The van der Waals surface area contributed by atoms with Gasteiger partial charge in [0.1, 0.15) is 6.42 Å². The first-order valence-electron chi connectivity index (χ1n) is 4.61. The molecule has 1 atom stereocenters. The van der Waals surface area contributed by atoms with E-state index in [1.165, 1.54) is 0 Å². The van der Waals surface area contributed by atoms with E-state index >= 15 is 0 Å². The second-order valence-corrected chi connectivity index (χ2v) is 3.36. The SMILES string of the molecule is CCC(O)(c1nnc(CC(N)=O)o1)C(F)(F)F. The highest BCUT2D eigenvalue weighted by molar-refractivity contribution is 5.75. The largest absolute Gasteiger partial charge is 0.426 e. The molecule has 1 aromatic heterocycles. The standard InChI is InChI=1S/C8H10F3N3O3/c1-2-7(16,8(9,10)11)6-14-13-5(17-6)3-4(12)15/h16H,2-3H2,1H3,(H2,12,15). The number of hydrogen-bond donors (Lipinski definition) is 2. The number of carbonyl (C=O) groups is 1. The Kier molecular flexibility index (Phi) is 3.41. The molecule has 0 bridgehead atoms. The van der Waals surface area contributed by atoms with Crippen LogP contribution in [0, 0.1) is 0 Å².